The molecule has 0 saturated heterocycles. The fourth-order valence-electron chi connectivity index (χ4n) is 2.07. The number of hydrogen-bond donors (Lipinski definition) is 1. The lowest BCUT2D eigenvalue weighted by Gasteiger charge is -2.13. The van der Waals surface area contributed by atoms with Gasteiger partial charge in [0, 0.05) is 11.6 Å². The van der Waals surface area contributed by atoms with E-state index < -0.39 is 0 Å². The van der Waals surface area contributed by atoms with E-state index in [0.717, 1.165) is 23.4 Å². The third kappa shape index (κ3) is 3.67. The van der Waals surface area contributed by atoms with Gasteiger partial charge in [0.15, 0.2) is 0 Å². The zero-order valence-electron chi connectivity index (χ0n) is 12.4. The molecule has 3 nitrogen and oxygen atoms in total. The van der Waals surface area contributed by atoms with Crippen molar-refractivity contribution in [1.29, 1.82) is 0 Å². The Morgan fingerprint density at radius 3 is 2.48 bits per heavy atom. The smallest absolute Gasteiger partial charge is 0.263 e. The molecule has 0 radical (unpaired) electrons. The molecular formula is C16H19FN2OS. The summed E-state index contributed by atoms with van der Waals surface area (Å²) in [5.41, 5.74) is 1.54. The highest BCUT2D eigenvalue weighted by Gasteiger charge is 2.18. The van der Waals surface area contributed by atoms with E-state index in [2.05, 4.69) is 24.1 Å². The van der Waals surface area contributed by atoms with Gasteiger partial charge in [0.25, 0.3) is 5.91 Å². The minimum atomic E-state index is -0.279. The van der Waals surface area contributed by atoms with Gasteiger partial charge in [0.1, 0.15) is 15.7 Å². The Hall–Kier alpha value is -1.75. The number of carbonyl (C=O) groups is 1. The SMILES string of the molecule is CCC(CC)NC(=O)c1sc(-c2ccc(F)cc2)nc1C. The minimum absolute atomic E-state index is 0.0768. The third-order valence-corrected chi connectivity index (χ3v) is 4.62. The van der Waals surface area contributed by atoms with Gasteiger partial charge in [-0.2, -0.15) is 0 Å². The number of nitrogens with one attached hydrogen (secondary N) is 1. The van der Waals surface area contributed by atoms with E-state index >= 15 is 0 Å². The number of aromatic nitrogens is 1. The highest BCUT2D eigenvalue weighted by Crippen LogP contribution is 2.28. The molecule has 0 aliphatic carbocycles. The lowest BCUT2D eigenvalue weighted by molar-refractivity contribution is 0.0938. The molecule has 5 heteroatoms. The number of aryl methyl sites for hydroxylation is 1. The van der Waals surface area contributed by atoms with Crippen molar-refractivity contribution in [1.82, 2.24) is 10.3 Å². The van der Waals surface area contributed by atoms with E-state index in [4.69, 9.17) is 0 Å². The first-order chi connectivity index (χ1) is 10.0. The largest absolute Gasteiger partial charge is 0.349 e. The molecule has 0 aliphatic rings. The summed E-state index contributed by atoms with van der Waals surface area (Å²) in [6, 6.07) is 6.34. The highest BCUT2D eigenvalue weighted by atomic mass is 32.1. The summed E-state index contributed by atoms with van der Waals surface area (Å²) in [6.07, 6.45) is 1.82. The standard InChI is InChI=1S/C16H19FN2OS/c1-4-13(5-2)19-15(20)14-10(3)18-16(21-14)11-6-8-12(17)9-7-11/h6-9,13H,4-5H2,1-3H3,(H,19,20). The molecule has 112 valence electrons. The molecule has 0 bridgehead atoms. The monoisotopic (exact) mass is 306 g/mol. The van der Waals surface area contributed by atoms with Crippen molar-refractivity contribution in [3.8, 4) is 10.6 Å². The summed E-state index contributed by atoms with van der Waals surface area (Å²) in [7, 11) is 0. The summed E-state index contributed by atoms with van der Waals surface area (Å²) in [5, 5.41) is 3.76. The molecule has 1 aromatic carbocycles. The van der Waals surface area contributed by atoms with E-state index in [1.54, 1.807) is 12.1 Å². The number of nitrogens with zero attached hydrogens (tertiary/aromatic N) is 1. The Kier molecular flexibility index (Phi) is 5.07. The van der Waals surface area contributed by atoms with Crippen LogP contribution < -0.4 is 5.32 Å². The third-order valence-electron chi connectivity index (χ3n) is 3.41. The van der Waals surface area contributed by atoms with E-state index in [0.29, 0.717) is 10.6 Å². The Labute approximate surface area is 128 Å². The summed E-state index contributed by atoms with van der Waals surface area (Å²) < 4.78 is 13.0. The second-order valence-electron chi connectivity index (χ2n) is 4.93. The number of halogens is 1. The van der Waals surface area contributed by atoms with Crippen molar-refractivity contribution in [3.05, 3.63) is 40.7 Å². The summed E-state index contributed by atoms with van der Waals surface area (Å²) in [5.74, 6) is -0.356. The molecule has 1 aromatic heterocycles. The maximum Gasteiger partial charge on any atom is 0.263 e. The van der Waals surface area contributed by atoms with Crippen LogP contribution in [-0.4, -0.2) is 16.9 Å². The van der Waals surface area contributed by atoms with Crippen molar-refractivity contribution in [2.45, 2.75) is 39.7 Å². The second-order valence-corrected chi connectivity index (χ2v) is 5.93. The number of thiazole rings is 1. The molecule has 0 atom stereocenters. The predicted molar refractivity (Wildman–Crippen MR) is 84.1 cm³/mol. The minimum Gasteiger partial charge on any atom is -0.349 e. The van der Waals surface area contributed by atoms with Crippen LogP contribution in [0, 0.1) is 12.7 Å². The number of hydrogen-bond acceptors (Lipinski definition) is 3. The van der Waals surface area contributed by atoms with Crippen molar-refractivity contribution in [3.63, 3.8) is 0 Å². The molecule has 0 spiro atoms. The fourth-order valence-corrected chi connectivity index (χ4v) is 3.04. The normalized spacial score (nSPS) is 10.9. The lowest BCUT2D eigenvalue weighted by Crippen LogP contribution is -2.33. The van der Waals surface area contributed by atoms with Crippen LogP contribution in [0.5, 0.6) is 0 Å². The van der Waals surface area contributed by atoms with Crippen LogP contribution in [0.4, 0.5) is 4.39 Å². The summed E-state index contributed by atoms with van der Waals surface area (Å²) >= 11 is 1.34. The number of amides is 1. The van der Waals surface area contributed by atoms with Crippen LogP contribution in [0.25, 0.3) is 10.6 Å². The van der Waals surface area contributed by atoms with E-state index in [-0.39, 0.29) is 17.8 Å². The summed E-state index contributed by atoms with van der Waals surface area (Å²) in [6.45, 7) is 5.93. The Bertz CT molecular complexity index is 618. The van der Waals surface area contributed by atoms with Crippen molar-refractivity contribution in [2.24, 2.45) is 0 Å². The van der Waals surface area contributed by atoms with Gasteiger partial charge in [-0.25, -0.2) is 9.37 Å². The van der Waals surface area contributed by atoms with Crippen LogP contribution in [0.15, 0.2) is 24.3 Å². The first kappa shape index (κ1) is 15.6. The van der Waals surface area contributed by atoms with Crippen LogP contribution in [0.1, 0.15) is 42.1 Å². The van der Waals surface area contributed by atoms with Gasteiger partial charge in [0.2, 0.25) is 0 Å². The first-order valence-corrected chi connectivity index (χ1v) is 7.91. The first-order valence-electron chi connectivity index (χ1n) is 7.09. The Balaban J connectivity index is 2.22. The lowest BCUT2D eigenvalue weighted by atomic mass is 10.1. The van der Waals surface area contributed by atoms with Gasteiger partial charge < -0.3 is 5.32 Å². The van der Waals surface area contributed by atoms with Gasteiger partial charge >= 0.3 is 0 Å². The van der Waals surface area contributed by atoms with E-state index in [1.807, 2.05) is 6.92 Å². The Morgan fingerprint density at radius 1 is 1.29 bits per heavy atom. The van der Waals surface area contributed by atoms with Crippen LogP contribution in [0.2, 0.25) is 0 Å². The number of carbonyl (C=O) groups excluding carboxylic acids is 1. The molecule has 0 saturated carbocycles. The topological polar surface area (TPSA) is 42.0 Å². The van der Waals surface area contributed by atoms with Crippen LogP contribution in [-0.2, 0) is 0 Å². The van der Waals surface area contributed by atoms with E-state index in [9.17, 15) is 9.18 Å². The zero-order valence-corrected chi connectivity index (χ0v) is 13.3. The molecule has 2 rings (SSSR count). The maximum atomic E-state index is 13.0. The molecular weight excluding hydrogens is 287 g/mol. The summed E-state index contributed by atoms with van der Waals surface area (Å²) in [4.78, 5) is 17.3. The molecule has 1 N–H and O–H groups in total. The van der Waals surface area contributed by atoms with Crippen molar-refractivity contribution >= 4 is 17.2 Å². The number of rotatable bonds is 5. The molecule has 21 heavy (non-hydrogen) atoms. The molecule has 0 fully saturated rings. The quantitative estimate of drug-likeness (QED) is 0.900. The van der Waals surface area contributed by atoms with Gasteiger partial charge in [-0.05, 0) is 44.0 Å². The second kappa shape index (κ2) is 6.80. The van der Waals surface area contributed by atoms with Gasteiger partial charge in [-0.15, -0.1) is 11.3 Å². The molecule has 1 amide bonds. The molecule has 1 heterocycles. The van der Waals surface area contributed by atoms with Crippen molar-refractivity contribution in [2.75, 3.05) is 0 Å². The maximum absolute atomic E-state index is 13.0. The van der Waals surface area contributed by atoms with Crippen molar-refractivity contribution < 1.29 is 9.18 Å². The van der Waals surface area contributed by atoms with E-state index in [1.165, 1.54) is 23.5 Å². The average Bonchev–Trinajstić information content (AvgIpc) is 2.87. The van der Waals surface area contributed by atoms with Crippen LogP contribution >= 0.6 is 11.3 Å². The predicted octanol–water partition coefficient (Wildman–Crippen LogP) is 4.18. The highest BCUT2D eigenvalue weighted by molar-refractivity contribution is 7.17. The van der Waals surface area contributed by atoms with Gasteiger partial charge in [-0.3, -0.25) is 4.79 Å². The molecule has 0 aliphatic heterocycles. The molecule has 2 aromatic rings. The fraction of sp³-hybridized carbons (Fsp3) is 0.375. The zero-order chi connectivity index (χ0) is 15.4. The van der Waals surface area contributed by atoms with Gasteiger partial charge in [-0.1, -0.05) is 13.8 Å². The Morgan fingerprint density at radius 2 is 1.90 bits per heavy atom. The van der Waals surface area contributed by atoms with Gasteiger partial charge in [0.05, 0.1) is 5.69 Å². The van der Waals surface area contributed by atoms with Crippen LogP contribution in [0.3, 0.4) is 0 Å². The average molecular weight is 306 g/mol. The number of benzene rings is 1. The molecule has 0 unspecified atom stereocenters.